The molecule has 2 aliphatic heterocycles. The van der Waals surface area contributed by atoms with Crippen molar-refractivity contribution in [3.63, 3.8) is 0 Å². The number of benzene rings is 1. The topological polar surface area (TPSA) is 94.4 Å². The van der Waals surface area contributed by atoms with Gasteiger partial charge in [0.05, 0.1) is 6.10 Å². The fourth-order valence-electron chi connectivity index (χ4n) is 3.98. The van der Waals surface area contributed by atoms with Crippen LogP contribution in [0.5, 0.6) is 0 Å². The Labute approximate surface area is 165 Å². The van der Waals surface area contributed by atoms with E-state index in [4.69, 9.17) is 10.1 Å². The molecule has 28 heavy (non-hydrogen) atoms. The predicted molar refractivity (Wildman–Crippen MR) is 110 cm³/mol. The third kappa shape index (κ3) is 3.86. The number of hydrogen-bond donors (Lipinski definition) is 3. The maximum atomic E-state index is 9.57. The van der Waals surface area contributed by atoms with E-state index in [0.717, 1.165) is 43.1 Å². The fraction of sp³-hybridized carbons (Fsp3) is 0.476. The minimum Gasteiger partial charge on any atom is -0.389 e. The Bertz CT molecular complexity index is 873. The first-order valence-electron chi connectivity index (χ1n) is 9.82. The summed E-state index contributed by atoms with van der Waals surface area (Å²) in [6.07, 6.45) is 3.15. The number of hydrogen-bond acceptors (Lipinski definition) is 7. The summed E-state index contributed by atoms with van der Waals surface area (Å²) in [4.78, 5) is 11.0. The lowest BCUT2D eigenvalue weighted by atomic mass is 9.87. The standard InChI is InChI=1S/C21H27N5O2/c1-13-7-16(10-22)19(8-18(13)15-3-5-28-6-4-15)25-20-9-21(24-14(2)23-20)26-11-17(27)12-26/h7-10,15,17,22,27H,3-6,11-12H2,1-2H3,(H,23,24,25). The molecule has 0 unspecified atom stereocenters. The van der Waals surface area contributed by atoms with Gasteiger partial charge in [0.15, 0.2) is 0 Å². The molecule has 1 aromatic heterocycles. The van der Waals surface area contributed by atoms with E-state index in [-0.39, 0.29) is 6.10 Å². The zero-order valence-corrected chi connectivity index (χ0v) is 16.4. The lowest BCUT2D eigenvalue weighted by Gasteiger charge is -2.37. The van der Waals surface area contributed by atoms with Crippen LogP contribution in [0, 0.1) is 19.3 Å². The van der Waals surface area contributed by atoms with Crippen molar-refractivity contribution in [2.24, 2.45) is 0 Å². The number of anilines is 3. The summed E-state index contributed by atoms with van der Waals surface area (Å²) in [6.45, 7) is 6.78. The Hall–Kier alpha value is -2.51. The maximum Gasteiger partial charge on any atom is 0.136 e. The van der Waals surface area contributed by atoms with Gasteiger partial charge in [-0.05, 0) is 55.9 Å². The first-order valence-corrected chi connectivity index (χ1v) is 9.82. The van der Waals surface area contributed by atoms with Crippen molar-refractivity contribution in [1.82, 2.24) is 9.97 Å². The van der Waals surface area contributed by atoms with Crippen LogP contribution >= 0.6 is 0 Å². The molecule has 0 atom stereocenters. The van der Waals surface area contributed by atoms with Gasteiger partial charge >= 0.3 is 0 Å². The molecule has 0 saturated carbocycles. The Morgan fingerprint density at radius 2 is 1.93 bits per heavy atom. The van der Waals surface area contributed by atoms with E-state index in [0.29, 0.717) is 30.6 Å². The molecule has 7 heteroatoms. The maximum absolute atomic E-state index is 9.57. The smallest absolute Gasteiger partial charge is 0.136 e. The van der Waals surface area contributed by atoms with E-state index >= 15 is 0 Å². The lowest BCUT2D eigenvalue weighted by molar-refractivity contribution is 0.0852. The zero-order valence-electron chi connectivity index (χ0n) is 16.4. The summed E-state index contributed by atoms with van der Waals surface area (Å²) in [5.74, 6) is 2.68. The molecule has 1 aromatic carbocycles. The molecule has 2 saturated heterocycles. The molecule has 2 aromatic rings. The third-order valence-corrected chi connectivity index (χ3v) is 5.53. The minimum atomic E-state index is -0.282. The van der Waals surface area contributed by atoms with Crippen molar-refractivity contribution < 1.29 is 9.84 Å². The first kappa shape index (κ1) is 18.8. The van der Waals surface area contributed by atoms with Gasteiger partial charge in [0, 0.05) is 49.8 Å². The number of rotatable bonds is 5. The van der Waals surface area contributed by atoms with E-state index in [1.807, 2.05) is 17.9 Å². The molecule has 4 rings (SSSR count). The summed E-state index contributed by atoms with van der Waals surface area (Å²) >= 11 is 0. The molecule has 0 aliphatic carbocycles. The number of aliphatic hydroxyl groups excluding tert-OH is 1. The number of aromatic nitrogens is 2. The van der Waals surface area contributed by atoms with Crippen LogP contribution in [0.15, 0.2) is 18.2 Å². The van der Waals surface area contributed by atoms with Gasteiger partial charge in [-0.3, -0.25) is 0 Å². The number of aryl methyl sites for hydroxylation is 2. The molecule has 0 amide bonds. The summed E-state index contributed by atoms with van der Waals surface area (Å²) in [7, 11) is 0. The van der Waals surface area contributed by atoms with E-state index in [9.17, 15) is 5.11 Å². The van der Waals surface area contributed by atoms with Crippen LogP contribution in [0.25, 0.3) is 0 Å². The van der Waals surface area contributed by atoms with Gasteiger partial charge in [0.1, 0.15) is 17.5 Å². The number of nitrogens with one attached hydrogen (secondary N) is 2. The highest BCUT2D eigenvalue weighted by molar-refractivity contribution is 5.88. The lowest BCUT2D eigenvalue weighted by Crippen LogP contribution is -2.51. The highest BCUT2D eigenvalue weighted by Crippen LogP contribution is 2.34. The van der Waals surface area contributed by atoms with Crippen molar-refractivity contribution in [3.05, 3.63) is 40.7 Å². The molecule has 0 spiro atoms. The van der Waals surface area contributed by atoms with Crippen LogP contribution in [0.3, 0.4) is 0 Å². The van der Waals surface area contributed by atoms with Crippen LogP contribution in [-0.2, 0) is 4.74 Å². The summed E-state index contributed by atoms with van der Waals surface area (Å²) in [5, 5.41) is 20.8. The van der Waals surface area contributed by atoms with Gasteiger partial charge in [0.25, 0.3) is 0 Å². The van der Waals surface area contributed by atoms with Crippen molar-refractivity contribution in [2.45, 2.75) is 38.7 Å². The average Bonchev–Trinajstić information content (AvgIpc) is 2.66. The van der Waals surface area contributed by atoms with E-state index in [2.05, 4.69) is 34.3 Å². The molecule has 2 aliphatic rings. The monoisotopic (exact) mass is 381 g/mol. The molecule has 7 nitrogen and oxygen atoms in total. The SMILES string of the molecule is Cc1nc(Nc2cc(C3CCOCC3)c(C)cc2C=N)cc(N2CC(O)C2)n1. The number of aliphatic hydroxyl groups is 1. The van der Waals surface area contributed by atoms with Crippen molar-refractivity contribution in [2.75, 3.05) is 36.5 Å². The van der Waals surface area contributed by atoms with Crippen LogP contribution in [0.2, 0.25) is 0 Å². The molecule has 148 valence electrons. The second kappa shape index (κ2) is 7.85. The molecule has 3 heterocycles. The Kier molecular flexibility index (Phi) is 5.28. The third-order valence-electron chi connectivity index (χ3n) is 5.53. The molecule has 0 bridgehead atoms. The molecule has 2 fully saturated rings. The number of β-amino-alcohol motifs (C(OH)–C–C–N with tert-alkyl or cyclic N) is 1. The molecular formula is C21H27N5O2. The molecular weight excluding hydrogens is 354 g/mol. The average molecular weight is 381 g/mol. The van der Waals surface area contributed by atoms with Gasteiger partial charge < -0.3 is 25.5 Å². The predicted octanol–water partition coefficient (Wildman–Crippen LogP) is 2.91. The van der Waals surface area contributed by atoms with Crippen molar-refractivity contribution >= 4 is 23.5 Å². The highest BCUT2D eigenvalue weighted by atomic mass is 16.5. The second-order valence-electron chi connectivity index (χ2n) is 7.67. The Morgan fingerprint density at radius 1 is 1.18 bits per heavy atom. The molecule has 3 N–H and O–H groups in total. The van der Waals surface area contributed by atoms with Gasteiger partial charge in [-0.1, -0.05) is 0 Å². The summed E-state index contributed by atoms with van der Waals surface area (Å²) < 4.78 is 5.51. The summed E-state index contributed by atoms with van der Waals surface area (Å²) in [5.41, 5.74) is 4.25. The van der Waals surface area contributed by atoms with Crippen molar-refractivity contribution in [1.29, 1.82) is 5.41 Å². The van der Waals surface area contributed by atoms with Gasteiger partial charge in [0.2, 0.25) is 0 Å². The Morgan fingerprint density at radius 3 is 2.61 bits per heavy atom. The quantitative estimate of drug-likeness (QED) is 0.690. The van der Waals surface area contributed by atoms with Crippen LogP contribution in [0.4, 0.5) is 17.3 Å². The summed E-state index contributed by atoms with van der Waals surface area (Å²) in [6, 6.07) is 6.14. The van der Waals surface area contributed by atoms with E-state index in [1.54, 1.807) is 0 Å². The first-order chi connectivity index (χ1) is 13.5. The van der Waals surface area contributed by atoms with Gasteiger partial charge in [-0.25, -0.2) is 9.97 Å². The second-order valence-corrected chi connectivity index (χ2v) is 7.67. The van der Waals surface area contributed by atoms with Crippen LogP contribution < -0.4 is 10.2 Å². The highest BCUT2D eigenvalue weighted by Gasteiger charge is 2.26. The van der Waals surface area contributed by atoms with Gasteiger partial charge in [-0.2, -0.15) is 0 Å². The number of ether oxygens (including phenoxy) is 1. The van der Waals surface area contributed by atoms with E-state index < -0.39 is 0 Å². The van der Waals surface area contributed by atoms with E-state index in [1.165, 1.54) is 17.3 Å². The largest absolute Gasteiger partial charge is 0.389 e. The minimum absolute atomic E-state index is 0.282. The Balaban J connectivity index is 1.64. The van der Waals surface area contributed by atoms with Crippen LogP contribution in [-0.4, -0.2) is 53.7 Å². The normalized spacial score (nSPS) is 18.0. The fourth-order valence-corrected chi connectivity index (χ4v) is 3.98. The molecule has 0 radical (unpaired) electrons. The van der Waals surface area contributed by atoms with Crippen molar-refractivity contribution in [3.8, 4) is 0 Å². The van der Waals surface area contributed by atoms with Crippen LogP contribution in [0.1, 0.15) is 41.3 Å². The number of nitrogens with zero attached hydrogens (tertiary/aromatic N) is 3. The zero-order chi connectivity index (χ0) is 19.7. The van der Waals surface area contributed by atoms with Gasteiger partial charge in [-0.15, -0.1) is 0 Å².